The highest BCUT2D eigenvalue weighted by molar-refractivity contribution is 7.11. The van der Waals surface area contributed by atoms with Gasteiger partial charge in [0.25, 0.3) is 0 Å². The lowest BCUT2D eigenvalue weighted by Gasteiger charge is -2.05. The molecule has 2 aromatic heterocycles. The number of thiazole rings is 1. The molecule has 0 aromatic carbocycles. The summed E-state index contributed by atoms with van der Waals surface area (Å²) in [6.07, 6.45) is 5.51. The van der Waals surface area contributed by atoms with Crippen molar-refractivity contribution in [2.75, 3.05) is 17.7 Å². The molecule has 0 amide bonds. The first-order chi connectivity index (χ1) is 7.78. The lowest BCUT2D eigenvalue weighted by molar-refractivity contribution is 1.15. The van der Waals surface area contributed by atoms with Crippen LogP contribution in [0.5, 0.6) is 0 Å². The number of hydrogen-bond acceptors (Lipinski definition) is 5. The van der Waals surface area contributed by atoms with Gasteiger partial charge in [0, 0.05) is 18.1 Å². The summed E-state index contributed by atoms with van der Waals surface area (Å²) in [7, 11) is 1.88. The van der Waals surface area contributed by atoms with Gasteiger partial charge in [-0.15, -0.1) is 11.3 Å². The van der Waals surface area contributed by atoms with Crippen molar-refractivity contribution in [3.8, 4) is 0 Å². The van der Waals surface area contributed by atoms with E-state index in [0.29, 0.717) is 0 Å². The second-order valence-corrected chi connectivity index (χ2v) is 4.73. The van der Waals surface area contributed by atoms with Gasteiger partial charge >= 0.3 is 0 Å². The normalized spacial score (nSPS) is 10.1. The van der Waals surface area contributed by atoms with Crippen molar-refractivity contribution in [2.24, 2.45) is 0 Å². The number of pyridine rings is 1. The summed E-state index contributed by atoms with van der Waals surface area (Å²) in [5, 5.41) is 7.47. The van der Waals surface area contributed by atoms with E-state index < -0.39 is 0 Å². The van der Waals surface area contributed by atoms with Gasteiger partial charge in [0.1, 0.15) is 0 Å². The van der Waals surface area contributed by atoms with E-state index in [1.54, 1.807) is 17.5 Å². The van der Waals surface area contributed by atoms with E-state index in [2.05, 4.69) is 20.6 Å². The van der Waals surface area contributed by atoms with Crippen molar-refractivity contribution in [3.05, 3.63) is 34.5 Å². The fourth-order valence-electron chi connectivity index (χ4n) is 1.35. The van der Waals surface area contributed by atoms with E-state index in [9.17, 15) is 0 Å². The van der Waals surface area contributed by atoms with Crippen LogP contribution in [0.3, 0.4) is 0 Å². The van der Waals surface area contributed by atoms with Crippen LogP contribution in [0.25, 0.3) is 0 Å². The first-order valence-corrected chi connectivity index (χ1v) is 5.87. The minimum absolute atomic E-state index is 0.792. The Balaban J connectivity index is 1.99. The molecule has 16 heavy (non-hydrogen) atoms. The zero-order chi connectivity index (χ0) is 11.4. The number of rotatable bonds is 4. The van der Waals surface area contributed by atoms with Crippen molar-refractivity contribution in [2.45, 2.75) is 13.5 Å². The van der Waals surface area contributed by atoms with Gasteiger partial charge in [-0.3, -0.25) is 4.98 Å². The number of hydrogen-bond donors (Lipinski definition) is 2. The van der Waals surface area contributed by atoms with E-state index >= 15 is 0 Å². The molecule has 0 saturated carbocycles. The third-order valence-corrected chi connectivity index (χ3v) is 3.08. The molecule has 0 aliphatic heterocycles. The van der Waals surface area contributed by atoms with E-state index in [1.807, 2.05) is 32.4 Å². The van der Waals surface area contributed by atoms with Crippen LogP contribution in [0.4, 0.5) is 11.4 Å². The highest BCUT2D eigenvalue weighted by Crippen LogP contribution is 2.16. The summed E-state index contributed by atoms with van der Waals surface area (Å²) >= 11 is 1.71. The molecule has 0 aliphatic carbocycles. The van der Waals surface area contributed by atoms with Gasteiger partial charge in [0.2, 0.25) is 0 Å². The van der Waals surface area contributed by atoms with Gasteiger partial charge in [0.05, 0.1) is 35.3 Å². The van der Waals surface area contributed by atoms with Crippen LogP contribution in [0.15, 0.2) is 24.7 Å². The van der Waals surface area contributed by atoms with Crippen molar-refractivity contribution >= 4 is 22.7 Å². The Labute approximate surface area is 98.8 Å². The number of aryl methyl sites for hydroxylation is 1. The van der Waals surface area contributed by atoms with E-state index in [1.165, 1.54) is 4.88 Å². The molecule has 0 saturated heterocycles. The third-order valence-electron chi connectivity index (χ3n) is 2.16. The van der Waals surface area contributed by atoms with Crippen LogP contribution in [0, 0.1) is 6.92 Å². The third kappa shape index (κ3) is 2.70. The highest BCUT2D eigenvalue weighted by atomic mass is 32.1. The summed E-state index contributed by atoms with van der Waals surface area (Å²) in [5.41, 5.74) is 2.02. The fourth-order valence-corrected chi connectivity index (χ4v) is 2.08. The van der Waals surface area contributed by atoms with Crippen LogP contribution in [-0.2, 0) is 6.54 Å². The Morgan fingerprint density at radius 3 is 2.75 bits per heavy atom. The van der Waals surface area contributed by atoms with Crippen LogP contribution < -0.4 is 10.6 Å². The lowest BCUT2D eigenvalue weighted by Crippen LogP contribution is -1.99. The van der Waals surface area contributed by atoms with Gasteiger partial charge in [-0.25, -0.2) is 4.98 Å². The van der Waals surface area contributed by atoms with Gasteiger partial charge in [-0.1, -0.05) is 0 Å². The zero-order valence-corrected chi connectivity index (χ0v) is 10.1. The molecule has 0 atom stereocenters. The van der Waals surface area contributed by atoms with Crippen LogP contribution >= 0.6 is 11.3 Å². The number of aromatic nitrogens is 2. The maximum absolute atomic E-state index is 4.21. The lowest BCUT2D eigenvalue weighted by atomic mass is 10.3. The zero-order valence-electron chi connectivity index (χ0n) is 9.32. The standard InChI is InChI=1S/C11H14N4S/c1-8-14-6-11(16-8)7-15-10-3-9(12-2)4-13-5-10/h3-6,12,15H,7H2,1-2H3. The Kier molecular flexibility index (Phi) is 3.36. The molecule has 84 valence electrons. The molecule has 0 spiro atoms. The van der Waals surface area contributed by atoms with Crippen LogP contribution in [0.2, 0.25) is 0 Å². The molecule has 5 heteroatoms. The smallest absolute Gasteiger partial charge is 0.0897 e. The van der Waals surface area contributed by atoms with Crippen molar-refractivity contribution in [3.63, 3.8) is 0 Å². The number of nitrogens with zero attached hydrogens (tertiary/aromatic N) is 2. The van der Waals surface area contributed by atoms with Crippen LogP contribution in [-0.4, -0.2) is 17.0 Å². The molecular weight excluding hydrogens is 220 g/mol. The van der Waals surface area contributed by atoms with Crippen molar-refractivity contribution in [1.29, 1.82) is 0 Å². The van der Waals surface area contributed by atoms with Gasteiger partial charge in [-0.05, 0) is 13.0 Å². The summed E-state index contributed by atoms with van der Waals surface area (Å²) < 4.78 is 0. The molecule has 0 bridgehead atoms. The van der Waals surface area contributed by atoms with E-state index in [-0.39, 0.29) is 0 Å². The molecule has 0 aliphatic rings. The maximum Gasteiger partial charge on any atom is 0.0897 e. The molecule has 2 N–H and O–H groups in total. The van der Waals surface area contributed by atoms with Crippen LogP contribution in [0.1, 0.15) is 9.88 Å². The minimum Gasteiger partial charge on any atom is -0.387 e. The Hall–Kier alpha value is -1.62. The second-order valence-electron chi connectivity index (χ2n) is 3.41. The molecule has 0 fully saturated rings. The molecule has 0 radical (unpaired) electrons. The predicted octanol–water partition coefficient (Wildman–Crippen LogP) is 2.50. The fraction of sp³-hybridized carbons (Fsp3) is 0.273. The quantitative estimate of drug-likeness (QED) is 0.853. The Morgan fingerprint density at radius 2 is 2.06 bits per heavy atom. The highest BCUT2D eigenvalue weighted by Gasteiger charge is 1.99. The molecule has 4 nitrogen and oxygen atoms in total. The van der Waals surface area contributed by atoms with E-state index in [4.69, 9.17) is 0 Å². The van der Waals surface area contributed by atoms with Gasteiger partial charge in [-0.2, -0.15) is 0 Å². The molecule has 0 unspecified atom stereocenters. The molecule has 2 heterocycles. The summed E-state index contributed by atoms with van der Waals surface area (Å²) in [6, 6.07) is 2.03. The first-order valence-electron chi connectivity index (χ1n) is 5.06. The average Bonchev–Trinajstić information content (AvgIpc) is 2.73. The molecule has 2 rings (SSSR count). The largest absolute Gasteiger partial charge is 0.387 e. The Morgan fingerprint density at radius 1 is 1.25 bits per heavy atom. The summed E-state index contributed by atoms with van der Waals surface area (Å²) in [4.78, 5) is 9.58. The Bertz CT molecular complexity index is 467. The van der Waals surface area contributed by atoms with Gasteiger partial charge in [0.15, 0.2) is 0 Å². The minimum atomic E-state index is 0.792. The second kappa shape index (κ2) is 4.94. The predicted molar refractivity (Wildman–Crippen MR) is 68.0 cm³/mol. The number of nitrogens with one attached hydrogen (secondary N) is 2. The summed E-state index contributed by atoms with van der Waals surface area (Å²) in [6.45, 7) is 2.80. The van der Waals surface area contributed by atoms with Crippen molar-refractivity contribution in [1.82, 2.24) is 9.97 Å². The average molecular weight is 234 g/mol. The first kappa shape index (κ1) is 10.9. The topological polar surface area (TPSA) is 49.8 Å². The van der Waals surface area contributed by atoms with Gasteiger partial charge < -0.3 is 10.6 Å². The SMILES string of the molecule is CNc1cncc(NCc2cnc(C)s2)c1. The van der Waals surface area contributed by atoms with Crippen molar-refractivity contribution < 1.29 is 0 Å². The monoisotopic (exact) mass is 234 g/mol. The summed E-state index contributed by atoms with van der Waals surface area (Å²) in [5.74, 6) is 0. The van der Waals surface area contributed by atoms with E-state index in [0.717, 1.165) is 22.9 Å². The molecule has 2 aromatic rings. The number of anilines is 2. The maximum atomic E-state index is 4.21. The molecular formula is C11H14N4S.